The molecule has 1 saturated carbocycles. The smallest absolute Gasteiger partial charge is 0.267 e. The van der Waals surface area contributed by atoms with Gasteiger partial charge in [0.25, 0.3) is 5.91 Å². The number of hydrogen-bond acceptors (Lipinski definition) is 6. The highest BCUT2D eigenvalue weighted by atomic mass is 35.5. The van der Waals surface area contributed by atoms with Crippen LogP contribution in [-0.2, 0) is 4.79 Å². The lowest BCUT2D eigenvalue weighted by Gasteiger charge is -2.30. The molecule has 0 atom stereocenters. The number of benzene rings is 1. The third-order valence-electron chi connectivity index (χ3n) is 5.49. The summed E-state index contributed by atoms with van der Waals surface area (Å²) in [5, 5.41) is 4.19. The maximum Gasteiger partial charge on any atom is 0.267 e. The van der Waals surface area contributed by atoms with E-state index in [1.54, 1.807) is 24.4 Å². The number of halogens is 2. The number of aliphatic imine (C=N–C) groups is 1. The van der Waals surface area contributed by atoms with E-state index in [1.807, 2.05) is 28.5 Å². The largest absolute Gasteiger partial charge is 0.457 e. The van der Waals surface area contributed by atoms with E-state index < -0.39 is 0 Å². The number of nitrogens with zero attached hydrogens (tertiary/aromatic N) is 3. The van der Waals surface area contributed by atoms with Gasteiger partial charge in [0.15, 0.2) is 5.17 Å². The Kier molecular flexibility index (Phi) is 6.42. The summed E-state index contributed by atoms with van der Waals surface area (Å²) in [6.07, 6.45) is 8.99. The van der Waals surface area contributed by atoms with E-state index in [9.17, 15) is 4.79 Å². The highest BCUT2D eigenvalue weighted by molar-refractivity contribution is 8.18. The molecule has 0 bridgehead atoms. The molecule has 2 aliphatic rings. The summed E-state index contributed by atoms with van der Waals surface area (Å²) in [5.74, 6) is 1.23. The van der Waals surface area contributed by atoms with E-state index in [4.69, 9.17) is 27.6 Å². The Hall–Kier alpha value is -2.06. The van der Waals surface area contributed by atoms with Crippen LogP contribution in [0.2, 0.25) is 10.0 Å². The Morgan fingerprint density at radius 1 is 1.12 bits per heavy atom. The number of amidine groups is 1. The Bertz CT molecular complexity index is 1200. The van der Waals surface area contributed by atoms with Gasteiger partial charge in [-0.25, -0.2) is 4.98 Å². The average molecular weight is 504 g/mol. The lowest BCUT2D eigenvalue weighted by atomic mass is 9.94. The number of carbonyl (C=O) groups is 1. The predicted molar refractivity (Wildman–Crippen MR) is 133 cm³/mol. The molecule has 3 heterocycles. The fraction of sp³-hybridized carbons (Fsp3) is 0.261. The van der Waals surface area contributed by atoms with Gasteiger partial charge in [-0.15, -0.1) is 11.3 Å². The summed E-state index contributed by atoms with van der Waals surface area (Å²) in [5.41, 5.74) is 0.823. The molecular formula is C23H19Cl2N3O2S2. The number of amides is 1. The van der Waals surface area contributed by atoms with Gasteiger partial charge in [0.2, 0.25) is 5.13 Å². The van der Waals surface area contributed by atoms with Gasteiger partial charge in [0.1, 0.15) is 11.5 Å². The van der Waals surface area contributed by atoms with Crippen molar-refractivity contribution >= 4 is 68.6 Å². The molecular weight excluding hydrogens is 485 g/mol. The van der Waals surface area contributed by atoms with Gasteiger partial charge in [-0.05, 0) is 54.9 Å². The Balaban J connectivity index is 1.45. The van der Waals surface area contributed by atoms with Crippen molar-refractivity contribution < 1.29 is 9.21 Å². The molecule has 0 radical (unpaired) electrons. The summed E-state index contributed by atoms with van der Waals surface area (Å²) >= 11 is 15.0. The molecule has 1 saturated heterocycles. The van der Waals surface area contributed by atoms with Crippen molar-refractivity contribution in [3.63, 3.8) is 0 Å². The first-order valence-electron chi connectivity index (χ1n) is 10.3. The number of furan rings is 1. The van der Waals surface area contributed by atoms with Gasteiger partial charge in [0, 0.05) is 29.3 Å². The first kappa shape index (κ1) is 21.8. The predicted octanol–water partition coefficient (Wildman–Crippen LogP) is 7.65. The van der Waals surface area contributed by atoms with Gasteiger partial charge in [-0.2, -0.15) is 4.99 Å². The highest BCUT2D eigenvalue weighted by Crippen LogP contribution is 2.39. The van der Waals surface area contributed by atoms with Crippen molar-refractivity contribution in [2.45, 2.75) is 38.1 Å². The van der Waals surface area contributed by atoms with Crippen LogP contribution in [0.1, 0.15) is 37.9 Å². The molecule has 9 heteroatoms. The maximum atomic E-state index is 13.4. The number of hydrogen-bond donors (Lipinski definition) is 0. The van der Waals surface area contributed by atoms with Crippen LogP contribution in [0, 0.1) is 0 Å². The van der Waals surface area contributed by atoms with Crippen LogP contribution >= 0.6 is 46.3 Å². The highest BCUT2D eigenvalue weighted by Gasteiger charge is 2.39. The second-order valence-electron chi connectivity index (χ2n) is 7.62. The molecule has 5 nitrogen and oxygen atoms in total. The molecule has 2 aromatic heterocycles. The molecule has 1 aliphatic heterocycles. The van der Waals surface area contributed by atoms with Crippen molar-refractivity contribution in [1.82, 2.24) is 9.88 Å². The SMILES string of the molecule is O=C1/C(=C\c2ccc(-c3ccc(Cl)c(Cl)c3)o2)S/C(=N/c2nccs2)N1C1CCCCC1. The monoisotopic (exact) mass is 503 g/mol. The van der Waals surface area contributed by atoms with E-state index in [2.05, 4.69) is 9.98 Å². The van der Waals surface area contributed by atoms with E-state index >= 15 is 0 Å². The van der Waals surface area contributed by atoms with Crippen molar-refractivity contribution in [3.8, 4) is 11.3 Å². The second kappa shape index (κ2) is 9.43. The summed E-state index contributed by atoms with van der Waals surface area (Å²) in [7, 11) is 0. The van der Waals surface area contributed by atoms with Crippen LogP contribution < -0.4 is 0 Å². The molecule has 164 valence electrons. The second-order valence-corrected chi connectivity index (χ2v) is 10.3. The fourth-order valence-corrected chi connectivity index (χ4v) is 5.82. The molecule has 32 heavy (non-hydrogen) atoms. The number of aromatic nitrogens is 1. The van der Waals surface area contributed by atoms with Crippen molar-refractivity contribution in [3.05, 3.63) is 62.6 Å². The number of carbonyl (C=O) groups excluding carboxylic acids is 1. The first-order valence-corrected chi connectivity index (χ1v) is 12.8. The molecule has 2 fully saturated rings. The minimum Gasteiger partial charge on any atom is -0.457 e. The normalized spacial score (nSPS) is 20.1. The lowest BCUT2D eigenvalue weighted by molar-refractivity contribution is -0.124. The first-order chi connectivity index (χ1) is 15.6. The van der Waals surface area contributed by atoms with Crippen molar-refractivity contribution in [2.75, 3.05) is 0 Å². The zero-order valence-electron chi connectivity index (χ0n) is 17.0. The number of thioether (sulfide) groups is 1. The van der Waals surface area contributed by atoms with Gasteiger partial charge in [-0.1, -0.05) is 42.5 Å². The van der Waals surface area contributed by atoms with Crippen LogP contribution in [0.5, 0.6) is 0 Å². The maximum absolute atomic E-state index is 13.4. The molecule has 1 aromatic carbocycles. The summed E-state index contributed by atoms with van der Waals surface area (Å²) in [6.45, 7) is 0. The molecule has 0 N–H and O–H groups in total. The molecule has 0 unspecified atom stereocenters. The van der Waals surface area contributed by atoms with Gasteiger partial charge in [0.05, 0.1) is 15.0 Å². The van der Waals surface area contributed by atoms with E-state index in [0.29, 0.717) is 36.8 Å². The fourth-order valence-electron chi connectivity index (χ4n) is 3.94. The van der Waals surface area contributed by atoms with E-state index in [-0.39, 0.29) is 11.9 Å². The van der Waals surface area contributed by atoms with Gasteiger partial charge in [-0.3, -0.25) is 9.69 Å². The van der Waals surface area contributed by atoms with Crippen LogP contribution in [0.15, 0.2) is 56.2 Å². The van der Waals surface area contributed by atoms with Crippen LogP contribution in [-0.4, -0.2) is 27.0 Å². The summed E-state index contributed by atoms with van der Waals surface area (Å²) in [6, 6.07) is 9.23. The minimum absolute atomic E-state index is 0.0234. The number of rotatable bonds is 4. The Morgan fingerprint density at radius 2 is 1.97 bits per heavy atom. The third kappa shape index (κ3) is 4.53. The summed E-state index contributed by atoms with van der Waals surface area (Å²) < 4.78 is 5.98. The molecule has 1 aliphatic carbocycles. The van der Waals surface area contributed by atoms with E-state index in [1.165, 1.54) is 29.5 Å². The number of thiazole rings is 1. The topological polar surface area (TPSA) is 58.7 Å². The van der Waals surface area contributed by atoms with Crippen LogP contribution in [0.4, 0.5) is 5.13 Å². The molecule has 3 aromatic rings. The molecule has 1 amide bonds. The van der Waals surface area contributed by atoms with Crippen molar-refractivity contribution in [1.29, 1.82) is 0 Å². The Labute approximate surface area is 204 Å². The quantitative estimate of drug-likeness (QED) is 0.343. The summed E-state index contributed by atoms with van der Waals surface area (Å²) in [4.78, 5) is 24.8. The Morgan fingerprint density at radius 3 is 2.72 bits per heavy atom. The van der Waals surface area contributed by atoms with Gasteiger partial charge >= 0.3 is 0 Å². The van der Waals surface area contributed by atoms with Crippen molar-refractivity contribution in [2.24, 2.45) is 4.99 Å². The van der Waals surface area contributed by atoms with E-state index in [0.717, 1.165) is 31.2 Å². The zero-order chi connectivity index (χ0) is 22.1. The van der Waals surface area contributed by atoms with Crippen LogP contribution in [0.3, 0.4) is 0 Å². The lowest BCUT2D eigenvalue weighted by Crippen LogP contribution is -2.40. The zero-order valence-corrected chi connectivity index (χ0v) is 20.1. The minimum atomic E-state index is -0.0234. The standard InChI is InChI=1S/C23H19Cl2N3O2S2/c24-17-8-6-14(12-18(17)25)19-9-7-16(30-19)13-20-21(29)28(15-4-2-1-3-5-15)23(32-20)27-22-26-10-11-31-22/h6-13,15H,1-5H2/b20-13+,27-23+. The van der Waals surface area contributed by atoms with Gasteiger partial charge < -0.3 is 4.42 Å². The third-order valence-corrected chi connectivity index (χ3v) is 7.88. The average Bonchev–Trinajstić information content (AvgIpc) is 3.53. The molecule has 0 spiro atoms. The molecule has 5 rings (SSSR count). The van der Waals surface area contributed by atoms with Crippen LogP contribution in [0.25, 0.3) is 17.4 Å².